The number of hydrogen-bond acceptors (Lipinski definition) is 7. The van der Waals surface area contributed by atoms with Gasteiger partial charge in [-0.2, -0.15) is 0 Å². The van der Waals surface area contributed by atoms with Crippen LogP contribution in [0.3, 0.4) is 0 Å². The van der Waals surface area contributed by atoms with E-state index < -0.39 is 11.9 Å². The van der Waals surface area contributed by atoms with Gasteiger partial charge in [-0.3, -0.25) is 4.79 Å². The molecule has 3 N–H and O–H groups in total. The molecular formula is C28H30N2O5. The Morgan fingerprint density at radius 3 is 2.69 bits per heavy atom. The number of carbonyl (C=O) groups excluding carboxylic acids is 2. The second-order valence-electron chi connectivity index (χ2n) is 9.37. The van der Waals surface area contributed by atoms with Crippen molar-refractivity contribution < 1.29 is 24.2 Å². The number of dihydropyridines is 1. The van der Waals surface area contributed by atoms with Gasteiger partial charge in [0.15, 0.2) is 5.78 Å². The predicted molar refractivity (Wildman–Crippen MR) is 131 cm³/mol. The lowest BCUT2D eigenvalue weighted by Gasteiger charge is -2.37. The van der Waals surface area contributed by atoms with Crippen LogP contribution in [0.4, 0.5) is 0 Å². The summed E-state index contributed by atoms with van der Waals surface area (Å²) in [7, 11) is 1.63. The summed E-state index contributed by atoms with van der Waals surface area (Å²) < 4.78 is 11.4. The number of ether oxygens (including phenoxy) is 2. The topological polar surface area (TPSA) is 96.9 Å². The van der Waals surface area contributed by atoms with Crippen molar-refractivity contribution in [1.82, 2.24) is 10.6 Å². The number of ketones is 1. The van der Waals surface area contributed by atoms with Crippen LogP contribution in [0, 0.1) is 0 Å². The Morgan fingerprint density at radius 1 is 1.11 bits per heavy atom. The number of benzene rings is 2. The monoisotopic (exact) mass is 474 g/mol. The maximum Gasteiger partial charge on any atom is 0.337 e. The van der Waals surface area contributed by atoms with Crippen LogP contribution in [-0.4, -0.2) is 43.2 Å². The number of methoxy groups -OCH3 is 1. The second-order valence-corrected chi connectivity index (χ2v) is 9.37. The van der Waals surface area contributed by atoms with Crippen molar-refractivity contribution in [2.45, 2.75) is 44.1 Å². The molecule has 0 bridgehead atoms. The summed E-state index contributed by atoms with van der Waals surface area (Å²) in [4.78, 5) is 27.1. The zero-order valence-electron chi connectivity index (χ0n) is 20.0. The lowest BCUT2D eigenvalue weighted by Crippen LogP contribution is -2.37. The van der Waals surface area contributed by atoms with Gasteiger partial charge in [0.05, 0.1) is 12.7 Å². The first-order chi connectivity index (χ1) is 17.0. The molecule has 2 aliphatic heterocycles. The largest absolute Gasteiger partial charge is 0.508 e. The van der Waals surface area contributed by atoms with E-state index in [4.69, 9.17) is 9.47 Å². The molecule has 5 rings (SSSR count). The minimum Gasteiger partial charge on any atom is -0.508 e. The van der Waals surface area contributed by atoms with Gasteiger partial charge in [0, 0.05) is 41.8 Å². The molecule has 35 heavy (non-hydrogen) atoms. The van der Waals surface area contributed by atoms with Crippen LogP contribution in [0.25, 0.3) is 0 Å². The Labute approximate surface area is 204 Å². The normalized spacial score (nSPS) is 24.2. The highest BCUT2D eigenvalue weighted by Gasteiger charge is 2.42. The fraction of sp³-hybridized carbons (Fsp3) is 0.357. The van der Waals surface area contributed by atoms with Crippen molar-refractivity contribution >= 4 is 11.8 Å². The Morgan fingerprint density at radius 2 is 1.94 bits per heavy atom. The number of aromatic hydroxyl groups is 1. The summed E-state index contributed by atoms with van der Waals surface area (Å²) in [6.07, 6.45) is 1.49. The first-order valence-electron chi connectivity index (χ1n) is 12.0. The fourth-order valence-electron chi connectivity index (χ4n) is 5.51. The molecule has 0 radical (unpaired) electrons. The number of hydrogen-bond donors (Lipinski definition) is 3. The van der Waals surface area contributed by atoms with E-state index in [2.05, 4.69) is 10.6 Å². The number of para-hydroxylation sites is 1. The molecule has 182 valence electrons. The third kappa shape index (κ3) is 4.44. The first-order valence-corrected chi connectivity index (χ1v) is 12.0. The van der Waals surface area contributed by atoms with Crippen LogP contribution in [-0.2, 0) is 14.3 Å². The lowest BCUT2D eigenvalue weighted by atomic mass is 9.71. The highest BCUT2D eigenvalue weighted by molar-refractivity contribution is 6.04. The van der Waals surface area contributed by atoms with Crippen LogP contribution < -0.4 is 15.4 Å². The van der Waals surface area contributed by atoms with E-state index >= 15 is 0 Å². The Hall–Kier alpha value is -3.58. The molecule has 0 saturated carbocycles. The number of carbonyl (C=O) groups is 2. The number of rotatable bonds is 5. The van der Waals surface area contributed by atoms with E-state index in [9.17, 15) is 14.7 Å². The van der Waals surface area contributed by atoms with Crippen molar-refractivity contribution in [3.63, 3.8) is 0 Å². The zero-order chi connectivity index (χ0) is 24.5. The molecule has 2 aromatic carbocycles. The molecule has 2 heterocycles. The smallest absolute Gasteiger partial charge is 0.337 e. The molecule has 2 aromatic rings. The standard InChI is InChI=1S/C28H30N2O5/c1-16-25(28(33)35-20-10-11-29-15-20)26(17-6-5-7-19(31)12-17)27-22(30-16)13-18(14-23(27)32)21-8-3-4-9-24(21)34-2/h3-9,12,18,20,26,29-31H,10-11,13-15H2,1-2H3/t18-,20-,26-/m1/s1. The fourth-order valence-corrected chi connectivity index (χ4v) is 5.51. The molecule has 0 spiro atoms. The van der Waals surface area contributed by atoms with E-state index in [1.807, 2.05) is 37.3 Å². The van der Waals surface area contributed by atoms with Crippen LogP contribution >= 0.6 is 0 Å². The highest BCUT2D eigenvalue weighted by atomic mass is 16.5. The van der Waals surface area contributed by atoms with E-state index in [0.29, 0.717) is 41.8 Å². The molecule has 3 aliphatic rings. The van der Waals surface area contributed by atoms with E-state index in [1.165, 1.54) is 0 Å². The molecular weight excluding hydrogens is 444 g/mol. The third-order valence-corrected chi connectivity index (χ3v) is 7.12. The van der Waals surface area contributed by atoms with Crippen LogP contribution in [0.5, 0.6) is 11.5 Å². The summed E-state index contributed by atoms with van der Waals surface area (Å²) in [5.41, 5.74) is 4.16. The molecule has 0 amide bonds. The number of allylic oxidation sites excluding steroid dienone is 3. The van der Waals surface area contributed by atoms with Crippen LogP contribution in [0.15, 0.2) is 71.1 Å². The molecule has 1 aliphatic carbocycles. The SMILES string of the molecule is COc1ccccc1[C@H]1CC(=O)C2=C(C1)NC(C)=C(C(=O)O[C@@H]1CCNC1)[C@H]2c1cccc(O)c1. The van der Waals surface area contributed by atoms with Crippen LogP contribution in [0.1, 0.15) is 49.1 Å². The summed E-state index contributed by atoms with van der Waals surface area (Å²) >= 11 is 0. The van der Waals surface area contributed by atoms with E-state index in [-0.39, 0.29) is 23.6 Å². The Balaban J connectivity index is 1.55. The number of Topliss-reactive ketones (excluding diaryl/α,β-unsaturated/α-hetero) is 1. The predicted octanol–water partition coefficient (Wildman–Crippen LogP) is 3.67. The van der Waals surface area contributed by atoms with Gasteiger partial charge in [0.25, 0.3) is 0 Å². The van der Waals surface area contributed by atoms with Gasteiger partial charge >= 0.3 is 5.97 Å². The quantitative estimate of drug-likeness (QED) is 0.569. The summed E-state index contributed by atoms with van der Waals surface area (Å²) in [5.74, 6) is -0.251. The number of nitrogens with one attached hydrogen (secondary N) is 2. The maximum absolute atomic E-state index is 13.7. The average Bonchev–Trinajstić information content (AvgIpc) is 3.36. The Bertz CT molecular complexity index is 1230. The minimum absolute atomic E-state index is 0.0247. The van der Waals surface area contributed by atoms with E-state index in [1.54, 1.807) is 25.3 Å². The van der Waals surface area contributed by atoms with Gasteiger partial charge in [-0.25, -0.2) is 4.79 Å². The van der Waals surface area contributed by atoms with Crippen molar-refractivity contribution in [2.24, 2.45) is 0 Å². The summed E-state index contributed by atoms with van der Waals surface area (Å²) in [6, 6.07) is 14.6. The van der Waals surface area contributed by atoms with Gasteiger partial charge < -0.3 is 25.2 Å². The minimum atomic E-state index is -0.605. The van der Waals surface area contributed by atoms with Crippen LogP contribution in [0.2, 0.25) is 0 Å². The molecule has 7 heteroatoms. The lowest BCUT2D eigenvalue weighted by molar-refractivity contribution is -0.143. The van der Waals surface area contributed by atoms with Gasteiger partial charge in [-0.05, 0) is 55.6 Å². The molecule has 7 nitrogen and oxygen atoms in total. The van der Waals surface area contributed by atoms with Gasteiger partial charge in [-0.15, -0.1) is 0 Å². The maximum atomic E-state index is 13.7. The van der Waals surface area contributed by atoms with Gasteiger partial charge in [-0.1, -0.05) is 30.3 Å². The van der Waals surface area contributed by atoms with Crippen molar-refractivity contribution in [1.29, 1.82) is 0 Å². The summed E-state index contributed by atoms with van der Waals surface area (Å²) in [6.45, 7) is 3.28. The van der Waals surface area contributed by atoms with E-state index in [0.717, 1.165) is 30.0 Å². The highest BCUT2D eigenvalue weighted by Crippen LogP contribution is 2.47. The molecule has 1 saturated heterocycles. The third-order valence-electron chi connectivity index (χ3n) is 7.12. The summed E-state index contributed by atoms with van der Waals surface area (Å²) in [5, 5.41) is 16.8. The van der Waals surface area contributed by atoms with Gasteiger partial charge in [0.2, 0.25) is 0 Å². The average molecular weight is 475 g/mol. The van der Waals surface area contributed by atoms with Crippen molar-refractivity contribution in [3.05, 3.63) is 82.2 Å². The Kier molecular flexibility index (Phi) is 6.34. The number of esters is 1. The molecule has 0 aromatic heterocycles. The molecule has 1 fully saturated rings. The zero-order valence-corrected chi connectivity index (χ0v) is 20.0. The molecule has 3 atom stereocenters. The van der Waals surface area contributed by atoms with Crippen molar-refractivity contribution in [3.8, 4) is 11.5 Å². The number of phenols is 1. The first kappa shape index (κ1) is 23.2. The number of phenolic OH excluding ortho intramolecular Hbond substituents is 1. The van der Waals surface area contributed by atoms with Crippen molar-refractivity contribution in [2.75, 3.05) is 20.2 Å². The van der Waals surface area contributed by atoms with Gasteiger partial charge in [0.1, 0.15) is 17.6 Å². The molecule has 0 unspecified atom stereocenters. The second kappa shape index (κ2) is 9.58.